The first-order valence-corrected chi connectivity index (χ1v) is 9.80. The summed E-state index contributed by atoms with van der Waals surface area (Å²) in [4.78, 5) is 10.9. The van der Waals surface area contributed by atoms with Gasteiger partial charge in [-0.2, -0.15) is 0 Å². The fourth-order valence-corrected chi connectivity index (χ4v) is 2.84. The van der Waals surface area contributed by atoms with Crippen molar-refractivity contribution in [3.63, 3.8) is 0 Å². The quantitative estimate of drug-likeness (QED) is 0.166. The first-order chi connectivity index (χ1) is 11.8. The van der Waals surface area contributed by atoms with E-state index in [9.17, 15) is 4.79 Å². The molecule has 0 bridgehead atoms. The van der Waals surface area contributed by atoms with Crippen LogP contribution in [0.5, 0.6) is 0 Å². The van der Waals surface area contributed by atoms with Crippen molar-refractivity contribution in [2.75, 3.05) is 7.11 Å². The van der Waals surface area contributed by atoms with Crippen LogP contribution in [0.1, 0.15) is 84.0 Å². The Kier molecular flexibility index (Phi) is 12.5. The number of hydrogen-bond acceptors (Lipinski definition) is 3. The van der Waals surface area contributed by atoms with Crippen molar-refractivity contribution in [3.05, 3.63) is 24.3 Å². The topological polar surface area (TPSA) is 38.8 Å². The molecule has 1 aliphatic rings. The third kappa shape index (κ3) is 11.4. The van der Waals surface area contributed by atoms with Gasteiger partial charge in [0.05, 0.1) is 19.3 Å². The van der Waals surface area contributed by atoms with E-state index < -0.39 is 0 Å². The molecule has 0 radical (unpaired) electrons. The first kappa shape index (κ1) is 21.0. The second-order valence-corrected chi connectivity index (χ2v) is 6.65. The van der Waals surface area contributed by atoms with E-state index in [1.807, 2.05) is 0 Å². The van der Waals surface area contributed by atoms with E-state index in [-0.39, 0.29) is 5.97 Å². The molecule has 0 saturated carbocycles. The number of carbonyl (C=O) groups is 1. The molecule has 0 aromatic rings. The summed E-state index contributed by atoms with van der Waals surface area (Å²) < 4.78 is 10.3. The number of epoxide rings is 1. The van der Waals surface area contributed by atoms with Crippen LogP contribution in [-0.2, 0) is 14.3 Å². The van der Waals surface area contributed by atoms with Gasteiger partial charge in [-0.3, -0.25) is 4.79 Å². The van der Waals surface area contributed by atoms with Gasteiger partial charge in [-0.1, -0.05) is 63.3 Å². The predicted molar refractivity (Wildman–Crippen MR) is 100 cm³/mol. The van der Waals surface area contributed by atoms with E-state index in [4.69, 9.17) is 4.74 Å². The highest BCUT2D eigenvalue weighted by molar-refractivity contribution is 5.68. The molecule has 0 spiro atoms. The maximum atomic E-state index is 10.9. The van der Waals surface area contributed by atoms with Crippen molar-refractivity contribution in [2.45, 2.75) is 96.2 Å². The summed E-state index contributed by atoms with van der Waals surface area (Å²) in [6.07, 6.45) is 23.5. The van der Waals surface area contributed by atoms with E-state index in [0.29, 0.717) is 18.6 Å². The lowest BCUT2D eigenvalue weighted by Crippen LogP contribution is -1.98. The Bertz CT molecular complexity index is 373. The summed E-state index contributed by atoms with van der Waals surface area (Å²) in [5.41, 5.74) is 0. The van der Waals surface area contributed by atoms with Crippen LogP contribution in [0.15, 0.2) is 24.3 Å². The minimum Gasteiger partial charge on any atom is -0.469 e. The lowest BCUT2D eigenvalue weighted by Gasteiger charge is -1.99. The second kappa shape index (κ2) is 14.3. The van der Waals surface area contributed by atoms with Crippen molar-refractivity contribution >= 4 is 5.97 Å². The Morgan fingerprint density at radius 3 is 2.54 bits per heavy atom. The molecule has 1 heterocycles. The molecule has 2 atom stereocenters. The number of esters is 1. The molecule has 1 fully saturated rings. The fourth-order valence-electron chi connectivity index (χ4n) is 2.84. The third-order valence-electron chi connectivity index (χ3n) is 4.48. The molecule has 0 aromatic heterocycles. The van der Waals surface area contributed by atoms with Crippen molar-refractivity contribution in [2.24, 2.45) is 0 Å². The molecule has 24 heavy (non-hydrogen) atoms. The number of allylic oxidation sites excluding steroid dienone is 3. The molecule has 0 aromatic carbocycles. The van der Waals surface area contributed by atoms with Crippen LogP contribution >= 0.6 is 0 Å². The molecule has 1 rings (SSSR count). The summed E-state index contributed by atoms with van der Waals surface area (Å²) in [5.74, 6) is -0.0921. The summed E-state index contributed by atoms with van der Waals surface area (Å²) in [5, 5.41) is 0. The summed E-state index contributed by atoms with van der Waals surface area (Å²) in [7, 11) is 1.45. The van der Waals surface area contributed by atoms with E-state index in [0.717, 1.165) is 32.1 Å². The Labute approximate surface area is 148 Å². The van der Waals surface area contributed by atoms with Gasteiger partial charge < -0.3 is 9.47 Å². The zero-order valence-corrected chi connectivity index (χ0v) is 15.7. The largest absolute Gasteiger partial charge is 0.469 e. The average molecular weight is 337 g/mol. The molecule has 3 nitrogen and oxygen atoms in total. The number of rotatable bonds is 15. The highest BCUT2D eigenvalue weighted by Gasteiger charge is 2.36. The molecule has 2 unspecified atom stereocenters. The second-order valence-electron chi connectivity index (χ2n) is 6.65. The Balaban J connectivity index is 1.84. The van der Waals surface area contributed by atoms with Gasteiger partial charge in [0.15, 0.2) is 0 Å². The van der Waals surface area contributed by atoms with Crippen LogP contribution in [0.2, 0.25) is 0 Å². The maximum Gasteiger partial charge on any atom is 0.305 e. The smallest absolute Gasteiger partial charge is 0.305 e. The Hall–Kier alpha value is -1.09. The number of methoxy groups -OCH3 is 1. The van der Waals surface area contributed by atoms with Crippen LogP contribution in [0.25, 0.3) is 0 Å². The van der Waals surface area contributed by atoms with Crippen molar-refractivity contribution in [1.29, 1.82) is 0 Å². The van der Waals surface area contributed by atoms with Crippen LogP contribution in [0, 0.1) is 0 Å². The molecule has 0 amide bonds. The van der Waals surface area contributed by atoms with Gasteiger partial charge in [0.2, 0.25) is 0 Å². The zero-order valence-electron chi connectivity index (χ0n) is 15.7. The van der Waals surface area contributed by atoms with Gasteiger partial charge in [-0.05, 0) is 38.5 Å². The van der Waals surface area contributed by atoms with Gasteiger partial charge in [0, 0.05) is 6.42 Å². The van der Waals surface area contributed by atoms with Gasteiger partial charge >= 0.3 is 5.97 Å². The van der Waals surface area contributed by atoms with Gasteiger partial charge in [0.25, 0.3) is 0 Å². The van der Waals surface area contributed by atoms with Gasteiger partial charge in [-0.25, -0.2) is 0 Å². The lowest BCUT2D eigenvalue weighted by molar-refractivity contribution is -0.140. The average Bonchev–Trinajstić information content (AvgIpc) is 3.34. The van der Waals surface area contributed by atoms with E-state index in [1.54, 1.807) is 0 Å². The SMILES string of the molecule is CCCCCC1OC1C/C=C\C/C=C\CCCCCCC(=O)OC. The molecule has 1 aliphatic heterocycles. The number of ether oxygens (including phenoxy) is 2. The van der Waals surface area contributed by atoms with Crippen LogP contribution in [0.4, 0.5) is 0 Å². The van der Waals surface area contributed by atoms with Crippen molar-refractivity contribution in [1.82, 2.24) is 0 Å². The van der Waals surface area contributed by atoms with Crippen LogP contribution in [-0.4, -0.2) is 25.3 Å². The molecule has 138 valence electrons. The number of hydrogen-bond donors (Lipinski definition) is 0. The highest BCUT2D eigenvalue weighted by Crippen LogP contribution is 2.30. The molecule has 0 N–H and O–H groups in total. The summed E-state index contributed by atoms with van der Waals surface area (Å²) in [6, 6.07) is 0. The summed E-state index contributed by atoms with van der Waals surface area (Å²) >= 11 is 0. The number of unbranched alkanes of at least 4 members (excludes halogenated alkanes) is 6. The predicted octanol–water partition coefficient (Wildman–Crippen LogP) is 5.74. The summed E-state index contributed by atoms with van der Waals surface area (Å²) in [6.45, 7) is 2.24. The lowest BCUT2D eigenvalue weighted by atomic mass is 10.1. The highest BCUT2D eigenvalue weighted by atomic mass is 16.6. The zero-order chi connectivity index (χ0) is 17.5. The monoisotopic (exact) mass is 336 g/mol. The minimum absolute atomic E-state index is 0.0921. The van der Waals surface area contributed by atoms with Gasteiger partial charge in [0.1, 0.15) is 0 Å². The third-order valence-corrected chi connectivity index (χ3v) is 4.48. The van der Waals surface area contributed by atoms with Crippen molar-refractivity contribution in [3.8, 4) is 0 Å². The van der Waals surface area contributed by atoms with E-state index >= 15 is 0 Å². The standard InChI is InChI=1S/C21H36O3/c1-3-4-13-16-19-20(24-19)17-14-11-9-7-5-6-8-10-12-15-18-21(22)23-2/h5,7,11,14,19-20H,3-4,6,8-10,12-13,15-18H2,1-2H3/b7-5-,14-11-. The number of carbonyl (C=O) groups excluding carboxylic acids is 1. The van der Waals surface area contributed by atoms with Crippen LogP contribution in [0.3, 0.4) is 0 Å². The Morgan fingerprint density at radius 2 is 1.75 bits per heavy atom. The van der Waals surface area contributed by atoms with Crippen molar-refractivity contribution < 1.29 is 14.3 Å². The minimum atomic E-state index is -0.0921. The molecular formula is C21H36O3. The first-order valence-electron chi connectivity index (χ1n) is 9.80. The molecule has 1 saturated heterocycles. The van der Waals surface area contributed by atoms with Gasteiger partial charge in [-0.15, -0.1) is 0 Å². The molecule has 3 heteroatoms. The molecule has 0 aliphatic carbocycles. The fraction of sp³-hybridized carbons (Fsp3) is 0.762. The normalized spacial score (nSPS) is 20.1. The maximum absolute atomic E-state index is 10.9. The van der Waals surface area contributed by atoms with Crippen LogP contribution < -0.4 is 0 Å². The Morgan fingerprint density at radius 1 is 0.958 bits per heavy atom. The van der Waals surface area contributed by atoms with E-state index in [2.05, 4.69) is 36.0 Å². The molecular weight excluding hydrogens is 300 g/mol. The van der Waals surface area contributed by atoms with E-state index in [1.165, 1.54) is 45.6 Å².